The van der Waals surface area contributed by atoms with Crippen LogP contribution in [-0.2, 0) is 14.3 Å². The van der Waals surface area contributed by atoms with Gasteiger partial charge in [-0.05, 0) is 31.9 Å². The summed E-state index contributed by atoms with van der Waals surface area (Å²) in [4.78, 5) is 38.6. The van der Waals surface area contributed by atoms with E-state index in [1.807, 2.05) is 51.1 Å². The lowest BCUT2D eigenvalue weighted by molar-refractivity contribution is -0.147. The quantitative estimate of drug-likeness (QED) is 0.602. The van der Waals surface area contributed by atoms with E-state index in [-0.39, 0.29) is 31.3 Å². The van der Waals surface area contributed by atoms with Crippen LogP contribution in [0.5, 0.6) is 0 Å². The normalized spacial score (nSPS) is 16.5. The molecular formula is C22H23NO4. The Labute approximate surface area is 158 Å². The number of para-hydroxylation sites is 1. The summed E-state index contributed by atoms with van der Waals surface area (Å²) in [5.41, 5.74) is 4.40. The minimum atomic E-state index is -0.553. The molecule has 27 heavy (non-hydrogen) atoms. The minimum absolute atomic E-state index is 0.0980. The van der Waals surface area contributed by atoms with Crippen LogP contribution in [0.2, 0.25) is 0 Å². The maximum Gasteiger partial charge on any atom is 0.311 e. The molecule has 1 heterocycles. The van der Waals surface area contributed by atoms with Crippen molar-refractivity contribution in [1.82, 2.24) is 0 Å². The van der Waals surface area contributed by atoms with Gasteiger partial charge in [0.15, 0.2) is 12.4 Å². The summed E-state index contributed by atoms with van der Waals surface area (Å²) in [5.74, 6) is -1.40. The Bertz CT molecular complexity index is 865. The zero-order valence-corrected chi connectivity index (χ0v) is 15.8. The molecule has 1 atom stereocenters. The Balaban J connectivity index is 1.62. The number of ketones is 1. The number of hydrogen-bond donors (Lipinski definition) is 0. The third kappa shape index (κ3) is 4.08. The highest BCUT2D eigenvalue weighted by Crippen LogP contribution is 2.31. The fraction of sp³-hybridized carbons (Fsp3) is 0.318. The molecule has 5 nitrogen and oxygen atoms in total. The van der Waals surface area contributed by atoms with Crippen LogP contribution >= 0.6 is 0 Å². The summed E-state index contributed by atoms with van der Waals surface area (Å²) in [6.45, 7) is 5.80. The van der Waals surface area contributed by atoms with Gasteiger partial charge < -0.3 is 9.64 Å². The Morgan fingerprint density at radius 3 is 2.30 bits per heavy atom. The van der Waals surface area contributed by atoms with Gasteiger partial charge in [-0.1, -0.05) is 48.0 Å². The van der Waals surface area contributed by atoms with Crippen molar-refractivity contribution in [3.8, 4) is 0 Å². The SMILES string of the molecule is Cc1ccc(C(=O)COC(=O)[C@H]2CC(=O)N(c3c(C)cccc3C)C2)cc1. The lowest BCUT2D eigenvalue weighted by Gasteiger charge is -2.21. The number of carbonyl (C=O) groups is 3. The minimum Gasteiger partial charge on any atom is -0.457 e. The molecule has 0 spiro atoms. The molecule has 0 saturated carbocycles. The first kappa shape index (κ1) is 18.8. The van der Waals surface area contributed by atoms with Crippen LogP contribution < -0.4 is 4.90 Å². The molecule has 0 radical (unpaired) electrons. The number of Topliss-reactive ketones (excluding diaryl/α,β-unsaturated/α-hetero) is 1. The van der Waals surface area contributed by atoms with Crippen molar-refractivity contribution in [1.29, 1.82) is 0 Å². The van der Waals surface area contributed by atoms with E-state index in [0.717, 1.165) is 22.4 Å². The number of carbonyl (C=O) groups excluding carboxylic acids is 3. The molecule has 0 aromatic heterocycles. The van der Waals surface area contributed by atoms with Crippen LogP contribution in [0.3, 0.4) is 0 Å². The number of nitrogens with zero attached hydrogens (tertiary/aromatic N) is 1. The van der Waals surface area contributed by atoms with Crippen molar-refractivity contribution in [3.63, 3.8) is 0 Å². The largest absolute Gasteiger partial charge is 0.457 e. The molecule has 2 aromatic carbocycles. The fourth-order valence-electron chi connectivity index (χ4n) is 3.39. The smallest absolute Gasteiger partial charge is 0.311 e. The molecule has 5 heteroatoms. The van der Waals surface area contributed by atoms with Crippen LogP contribution in [0.15, 0.2) is 42.5 Å². The lowest BCUT2D eigenvalue weighted by atomic mass is 10.1. The Morgan fingerprint density at radius 1 is 1.04 bits per heavy atom. The van der Waals surface area contributed by atoms with Gasteiger partial charge >= 0.3 is 5.97 Å². The van der Waals surface area contributed by atoms with Gasteiger partial charge in [0.05, 0.1) is 5.92 Å². The Hall–Kier alpha value is -2.95. The van der Waals surface area contributed by atoms with E-state index in [0.29, 0.717) is 5.56 Å². The third-order valence-electron chi connectivity index (χ3n) is 4.89. The van der Waals surface area contributed by atoms with Crippen LogP contribution in [0.25, 0.3) is 0 Å². The maximum atomic E-state index is 12.4. The van der Waals surface area contributed by atoms with Crippen LogP contribution in [0, 0.1) is 26.7 Å². The average Bonchev–Trinajstić information content (AvgIpc) is 3.01. The Kier molecular flexibility index (Phi) is 5.40. The number of anilines is 1. The molecule has 3 rings (SSSR count). The average molecular weight is 365 g/mol. The van der Waals surface area contributed by atoms with Crippen LogP contribution in [0.4, 0.5) is 5.69 Å². The molecule has 140 valence electrons. The van der Waals surface area contributed by atoms with E-state index in [4.69, 9.17) is 4.74 Å². The lowest BCUT2D eigenvalue weighted by Crippen LogP contribution is -2.28. The number of ether oxygens (including phenoxy) is 1. The van der Waals surface area contributed by atoms with Gasteiger partial charge in [-0.25, -0.2) is 0 Å². The van der Waals surface area contributed by atoms with Gasteiger partial charge in [0.1, 0.15) is 0 Å². The third-order valence-corrected chi connectivity index (χ3v) is 4.89. The fourth-order valence-corrected chi connectivity index (χ4v) is 3.39. The molecule has 0 N–H and O–H groups in total. The maximum absolute atomic E-state index is 12.4. The molecular weight excluding hydrogens is 342 g/mol. The number of aryl methyl sites for hydroxylation is 3. The first-order valence-electron chi connectivity index (χ1n) is 9.00. The first-order chi connectivity index (χ1) is 12.9. The van der Waals surface area contributed by atoms with Gasteiger partial charge in [-0.3, -0.25) is 14.4 Å². The molecule has 1 amide bonds. The zero-order chi connectivity index (χ0) is 19.6. The first-order valence-corrected chi connectivity index (χ1v) is 9.00. The number of rotatable bonds is 5. The Morgan fingerprint density at radius 2 is 1.67 bits per heavy atom. The van der Waals surface area contributed by atoms with E-state index in [1.165, 1.54) is 0 Å². The highest BCUT2D eigenvalue weighted by Gasteiger charge is 2.37. The topological polar surface area (TPSA) is 63.7 Å². The van der Waals surface area contributed by atoms with Crippen molar-refractivity contribution in [2.24, 2.45) is 5.92 Å². The standard InChI is InChI=1S/C22H23NO4/c1-14-7-9-17(10-8-14)19(24)13-27-22(26)18-11-20(25)23(12-18)21-15(2)5-4-6-16(21)3/h4-10,18H,11-13H2,1-3H3/t18-/m0/s1. The van der Waals surface area contributed by atoms with Crippen molar-refractivity contribution < 1.29 is 19.1 Å². The number of hydrogen-bond acceptors (Lipinski definition) is 4. The van der Waals surface area contributed by atoms with Crippen molar-refractivity contribution in [2.75, 3.05) is 18.1 Å². The molecule has 1 saturated heterocycles. The molecule has 1 aliphatic rings. The molecule has 0 unspecified atom stereocenters. The van der Waals surface area contributed by atoms with E-state index < -0.39 is 11.9 Å². The summed E-state index contributed by atoms with van der Waals surface area (Å²) in [6, 6.07) is 12.9. The van der Waals surface area contributed by atoms with Crippen molar-refractivity contribution >= 4 is 23.3 Å². The summed E-state index contributed by atoms with van der Waals surface area (Å²) in [7, 11) is 0. The second kappa shape index (κ2) is 7.74. The second-order valence-corrected chi connectivity index (χ2v) is 7.04. The zero-order valence-electron chi connectivity index (χ0n) is 15.8. The van der Waals surface area contributed by atoms with Crippen molar-refractivity contribution in [3.05, 3.63) is 64.7 Å². The van der Waals surface area contributed by atoms with Crippen LogP contribution in [0.1, 0.15) is 33.5 Å². The van der Waals surface area contributed by atoms with E-state index in [1.54, 1.807) is 17.0 Å². The highest BCUT2D eigenvalue weighted by atomic mass is 16.5. The number of esters is 1. The summed E-state index contributed by atoms with van der Waals surface area (Å²) in [5, 5.41) is 0. The predicted octanol–water partition coefficient (Wildman–Crippen LogP) is 3.39. The molecule has 0 aliphatic carbocycles. The van der Waals surface area contributed by atoms with Gasteiger partial charge in [-0.2, -0.15) is 0 Å². The highest BCUT2D eigenvalue weighted by molar-refractivity contribution is 6.01. The van der Waals surface area contributed by atoms with E-state index >= 15 is 0 Å². The van der Waals surface area contributed by atoms with Crippen LogP contribution in [-0.4, -0.2) is 30.8 Å². The van der Waals surface area contributed by atoms with E-state index in [2.05, 4.69) is 0 Å². The van der Waals surface area contributed by atoms with Gasteiger partial charge in [-0.15, -0.1) is 0 Å². The predicted molar refractivity (Wildman–Crippen MR) is 103 cm³/mol. The van der Waals surface area contributed by atoms with Gasteiger partial charge in [0.2, 0.25) is 5.91 Å². The molecule has 1 fully saturated rings. The van der Waals surface area contributed by atoms with Gasteiger partial charge in [0.25, 0.3) is 0 Å². The molecule has 2 aromatic rings. The molecule has 0 bridgehead atoms. The monoisotopic (exact) mass is 365 g/mol. The second-order valence-electron chi connectivity index (χ2n) is 7.04. The van der Waals surface area contributed by atoms with Crippen molar-refractivity contribution in [2.45, 2.75) is 27.2 Å². The summed E-state index contributed by atoms with van der Waals surface area (Å²) in [6.07, 6.45) is 0.103. The summed E-state index contributed by atoms with van der Waals surface area (Å²) < 4.78 is 5.20. The summed E-state index contributed by atoms with van der Waals surface area (Å²) >= 11 is 0. The number of amides is 1. The number of benzene rings is 2. The molecule has 1 aliphatic heterocycles. The van der Waals surface area contributed by atoms with Gasteiger partial charge in [0, 0.05) is 24.2 Å². The van der Waals surface area contributed by atoms with E-state index in [9.17, 15) is 14.4 Å².